The molecule has 0 aromatic heterocycles. The van der Waals surface area contributed by atoms with Crippen molar-refractivity contribution in [3.8, 4) is 0 Å². The molecule has 40 heavy (non-hydrogen) atoms. The van der Waals surface area contributed by atoms with Crippen LogP contribution in [0.1, 0.15) is 52.4 Å². The SMILES string of the molecule is CC(C)CN(CC1CN(Cc2cccc(C(F)(F)F)c2)CC1c1cccc(C(F)(F)F)c1)C(=O)c1ccccc1. The standard InChI is InChI=1S/C31H32F6N2O/c1-21(2)16-39(29(40)23-9-4-3-5-10-23)19-25-18-38(17-22-8-6-12-26(14-22)30(32,33)34)20-28(25)24-11-7-13-27(15-24)31(35,36)37/h3-15,21,25,28H,16-20H2,1-2H3. The Balaban J connectivity index is 1.64. The summed E-state index contributed by atoms with van der Waals surface area (Å²) in [6.07, 6.45) is -8.98. The number of alkyl halides is 6. The highest BCUT2D eigenvalue weighted by molar-refractivity contribution is 5.94. The molecule has 1 saturated heterocycles. The predicted molar refractivity (Wildman–Crippen MR) is 142 cm³/mol. The summed E-state index contributed by atoms with van der Waals surface area (Å²) in [7, 11) is 0. The Morgan fingerprint density at radius 3 is 2.10 bits per heavy atom. The van der Waals surface area contributed by atoms with Crippen LogP contribution in [0.5, 0.6) is 0 Å². The van der Waals surface area contributed by atoms with Gasteiger partial charge in [-0.2, -0.15) is 26.3 Å². The highest BCUT2D eigenvalue weighted by Gasteiger charge is 2.38. The van der Waals surface area contributed by atoms with Gasteiger partial charge >= 0.3 is 12.4 Å². The van der Waals surface area contributed by atoms with Crippen LogP contribution in [0.3, 0.4) is 0 Å². The van der Waals surface area contributed by atoms with Gasteiger partial charge in [0.15, 0.2) is 0 Å². The molecule has 2 unspecified atom stereocenters. The minimum Gasteiger partial charge on any atom is -0.338 e. The summed E-state index contributed by atoms with van der Waals surface area (Å²) < 4.78 is 80.5. The van der Waals surface area contributed by atoms with E-state index in [2.05, 4.69) is 0 Å². The van der Waals surface area contributed by atoms with Gasteiger partial charge in [0.2, 0.25) is 0 Å². The molecule has 2 atom stereocenters. The zero-order valence-corrected chi connectivity index (χ0v) is 22.3. The fourth-order valence-electron chi connectivity index (χ4n) is 5.43. The fraction of sp³-hybridized carbons (Fsp3) is 0.387. The molecule has 4 rings (SSSR count). The first kappa shape index (κ1) is 29.6. The lowest BCUT2D eigenvalue weighted by atomic mass is 9.87. The van der Waals surface area contributed by atoms with Crippen LogP contribution in [-0.4, -0.2) is 41.9 Å². The number of rotatable bonds is 8. The van der Waals surface area contributed by atoms with Gasteiger partial charge in [-0.05, 0) is 47.2 Å². The van der Waals surface area contributed by atoms with E-state index in [-0.39, 0.29) is 30.2 Å². The molecular formula is C31H32F6N2O. The second kappa shape index (κ2) is 12.0. The van der Waals surface area contributed by atoms with Crippen LogP contribution in [0, 0.1) is 11.8 Å². The molecule has 9 heteroatoms. The van der Waals surface area contributed by atoms with E-state index in [0.29, 0.717) is 42.9 Å². The summed E-state index contributed by atoms with van der Waals surface area (Å²) in [6, 6.07) is 19.1. The van der Waals surface area contributed by atoms with E-state index in [4.69, 9.17) is 0 Å². The maximum Gasteiger partial charge on any atom is 0.416 e. The third kappa shape index (κ3) is 7.44. The van der Waals surface area contributed by atoms with Gasteiger partial charge in [-0.3, -0.25) is 9.69 Å². The fourth-order valence-corrected chi connectivity index (χ4v) is 5.43. The summed E-state index contributed by atoms with van der Waals surface area (Å²) >= 11 is 0. The van der Waals surface area contributed by atoms with Crippen molar-refractivity contribution in [2.45, 2.75) is 38.7 Å². The molecule has 3 aromatic carbocycles. The zero-order valence-electron chi connectivity index (χ0n) is 22.3. The Morgan fingerprint density at radius 2 is 1.48 bits per heavy atom. The van der Waals surface area contributed by atoms with Crippen molar-refractivity contribution in [1.29, 1.82) is 0 Å². The van der Waals surface area contributed by atoms with E-state index in [1.54, 1.807) is 41.3 Å². The first-order chi connectivity index (χ1) is 18.8. The first-order valence-corrected chi connectivity index (χ1v) is 13.2. The van der Waals surface area contributed by atoms with Gasteiger partial charge in [-0.25, -0.2) is 0 Å². The second-order valence-corrected chi connectivity index (χ2v) is 10.9. The summed E-state index contributed by atoms with van der Waals surface area (Å²) in [5.74, 6) is -0.567. The van der Waals surface area contributed by atoms with Crippen molar-refractivity contribution in [1.82, 2.24) is 9.80 Å². The zero-order chi connectivity index (χ0) is 29.1. The quantitative estimate of drug-likeness (QED) is 0.262. The number of halogens is 6. The molecule has 3 aromatic rings. The topological polar surface area (TPSA) is 23.6 Å². The lowest BCUT2D eigenvalue weighted by Gasteiger charge is -2.30. The van der Waals surface area contributed by atoms with E-state index in [0.717, 1.165) is 24.3 Å². The summed E-state index contributed by atoms with van der Waals surface area (Å²) in [5.41, 5.74) is 0.00416. The Labute approximate surface area is 230 Å². The molecule has 214 valence electrons. The number of amides is 1. The predicted octanol–water partition coefficient (Wildman–Crippen LogP) is 7.74. The smallest absolute Gasteiger partial charge is 0.338 e. The largest absolute Gasteiger partial charge is 0.416 e. The normalized spacial score (nSPS) is 18.3. The minimum atomic E-state index is -4.51. The monoisotopic (exact) mass is 562 g/mol. The van der Waals surface area contributed by atoms with Crippen LogP contribution in [0.25, 0.3) is 0 Å². The highest BCUT2D eigenvalue weighted by atomic mass is 19.4. The van der Waals surface area contributed by atoms with E-state index < -0.39 is 23.5 Å². The molecule has 1 aliphatic heterocycles. The van der Waals surface area contributed by atoms with E-state index in [1.165, 1.54) is 12.1 Å². The lowest BCUT2D eigenvalue weighted by molar-refractivity contribution is -0.138. The molecule has 1 fully saturated rings. The van der Waals surface area contributed by atoms with Crippen molar-refractivity contribution in [2.24, 2.45) is 11.8 Å². The van der Waals surface area contributed by atoms with Crippen LogP contribution in [0.4, 0.5) is 26.3 Å². The van der Waals surface area contributed by atoms with E-state index in [9.17, 15) is 31.1 Å². The van der Waals surface area contributed by atoms with Crippen molar-refractivity contribution >= 4 is 5.91 Å². The van der Waals surface area contributed by atoms with Gasteiger partial charge in [0.05, 0.1) is 11.1 Å². The van der Waals surface area contributed by atoms with Gasteiger partial charge in [0.25, 0.3) is 5.91 Å². The van der Waals surface area contributed by atoms with Gasteiger partial charge < -0.3 is 4.90 Å². The third-order valence-electron chi connectivity index (χ3n) is 7.17. The molecule has 0 aliphatic carbocycles. The van der Waals surface area contributed by atoms with Crippen LogP contribution in [0.2, 0.25) is 0 Å². The third-order valence-corrected chi connectivity index (χ3v) is 7.17. The first-order valence-electron chi connectivity index (χ1n) is 13.2. The Bertz CT molecular complexity index is 1290. The summed E-state index contributed by atoms with van der Waals surface area (Å²) in [5, 5.41) is 0. The molecule has 0 bridgehead atoms. The van der Waals surface area contributed by atoms with Crippen LogP contribution in [-0.2, 0) is 18.9 Å². The van der Waals surface area contributed by atoms with Crippen molar-refractivity contribution in [3.63, 3.8) is 0 Å². The summed E-state index contributed by atoms with van der Waals surface area (Å²) in [6.45, 7) is 5.76. The molecule has 0 N–H and O–H groups in total. The Morgan fingerprint density at radius 1 is 0.850 bits per heavy atom. The van der Waals surface area contributed by atoms with E-state index in [1.807, 2.05) is 24.8 Å². The van der Waals surface area contributed by atoms with Gasteiger partial charge in [0.1, 0.15) is 0 Å². The van der Waals surface area contributed by atoms with E-state index >= 15 is 0 Å². The number of nitrogens with zero attached hydrogens (tertiary/aromatic N) is 2. The molecular weight excluding hydrogens is 530 g/mol. The number of hydrogen-bond acceptors (Lipinski definition) is 2. The highest BCUT2D eigenvalue weighted by Crippen LogP contribution is 2.38. The number of hydrogen-bond donors (Lipinski definition) is 0. The maximum absolute atomic E-state index is 13.5. The van der Waals surface area contributed by atoms with Crippen LogP contribution >= 0.6 is 0 Å². The molecule has 1 heterocycles. The number of carbonyl (C=O) groups excluding carboxylic acids is 1. The molecule has 1 aliphatic rings. The summed E-state index contributed by atoms with van der Waals surface area (Å²) in [4.78, 5) is 17.2. The van der Waals surface area contributed by atoms with Crippen molar-refractivity contribution in [2.75, 3.05) is 26.2 Å². The van der Waals surface area contributed by atoms with Crippen molar-refractivity contribution in [3.05, 3.63) is 107 Å². The Kier molecular flexibility index (Phi) is 8.93. The average Bonchev–Trinajstić information content (AvgIpc) is 3.29. The second-order valence-electron chi connectivity index (χ2n) is 10.9. The van der Waals surface area contributed by atoms with Gasteiger partial charge in [-0.15, -0.1) is 0 Å². The number of likely N-dealkylation sites (tertiary alicyclic amines) is 1. The Hall–Kier alpha value is -3.33. The molecule has 0 spiro atoms. The molecule has 1 amide bonds. The molecule has 0 saturated carbocycles. The average molecular weight is 563 g/mol. The lowest BCUT2D eigenvalue weighted by Crippen LogP contribution is -2.39. The maximum atomic E-state index is 13.5. The molecule has 3 nitrogen and oxygen atoms in total. The number of benzene rings is 3. The number of carbonyl (C=O) groups is 1. The van der Waals surface area contributed by atoms with Crippen molar-refractivity contribution < 1.29 is 31.1 Å². The molecule has 0 radical (unpaired) electrons. The van der Waals surface area contributed by atoms with Gasteiger partial charge in [-0.1, -0.05) is 68.4 Å². The van der Waals surface area contributed by atoms with Crippen LogP contribution < -0.4 is 0 Å². The van der Waals surface area contributed by atoms with Crippen LogP contribution in [0.15, 0.2) is 78.9 Å². The minimum absolute atomic E-state index is 0.155. The van der Waals surface area contributed by atoms with Gasteiger partial charge in [0, 0.05) is 44.2 Å².